The van der Waals surface area contributed by atoms with Crippen molar-refractivity contribution in [2.75, 3.05) is 6.54 Å². The van der Waals surface area contributed by atoms with Gasteiger partial charge in [0.25, 0.3) is 0 Å². The Bertz CT molecular complexity index is 2130. The lowest BCUT2D eigenvalue weighted by molar-refractivity contribution is 0.996. The molecule has 7 aromatic rings. The molecule has 0 unspecified atom stereocenters. The zero-order valence-corrected chi connectivity index (χ0v) is 22.5. The number of nitrogens with one attached hydrogen (secondary N) is 1. The van der Waals surface area contributed by atoms with E-state index in [0.717, 1.165) is 23.5 Å². The number of benzene rings is 5. The molecule has 0 aliphatic carbocycles. The van der Waals surface area contributed by atoms with Crippen molar-refractivity contribution in [1.82, 2.24) is 14.9 Å². The largest absolute Gasteiger partial charge is 0.381 e. The van der Waals surface area contributed by atoms with E-state index in [4.69, 9.17) is 0 Å². The van der Waals surface area contributed by atoms with Gasteiger partial charge in [-0.05, 0) is 70.1 Å². The van der Waals surface area contributed by atoms with E-state index in [-0.39, 0.29) is 0 Å². The second-order valence-corrected chi connectivity index (χ2v) is 10.5. The lowest BCUT2D eigenvalue weighted by Gasteiger charge is -2.14. The van der Waals surface area contributed by atoms with Crippen LogP contribution < -0.4 is 5.32 Å². The first-order chi connectivity index (χ1) is 20.3. The van der Waals surface area contributed by atoms with Gasteiger partial charge in [0.15, 0.2) is 0 Å². The summed E-state index contributed by atoms with van der Waals surface area (Å²) in [7, 11) is 0. The Kier molecular flexibility index (Phi) is 5.53. The quantitative estimate of drug-likeness (QED) is 0.248. The summed E-state index contributed by atoms with van der Waals surface area (Å²) in [6, 6.07) is 41.8. The third-order valence-electron chi connectivity index (χ3n) is 8.07. The van der Waals surface area contributed by atoms with Gasteiger partial charge in [-0.15, -0.1) is 0 Å². The average Bonchev–Trinajstić information content (AvgIpc) is 3.40. The van der Waals surface area contributed by atoms with Gasteiger partial charge in [-0.1, -0.05) is 91.0 Å². The maximum absolute atomic E-state index is 4.32. The smallest absolute Gasteiger partial charge is 0.0619 e. The van der Waals surface area contributed by atoms with Gasteiger partial charge < -0.3 is 9.88 Å². The van der Waals surface area contributed by atoms with Crippen molar-refractivity contribution in [2.45, 2.75) is 0 Å². The van der Waals surface area contributed by atoms with Gasteiger partial charge in [0.1, 0.15) is 0 Å². The molecule has 3 heterocycles. The summed E-state index contributed by atoms with van der Waals surface area (Å²) in [4.78, 5) is 4.32. The molecule has 0 amide bonds. The molecule has 0 atom stereocenters. The molecule has 3 heteroatoms. The number of nitrogens with zero attached hydrogens (tertiary/aromatic N) is 2. The SMILES string of the molecule is C1=CCNC(c2ccc3c(ccc4c5ccc(-c6cccc(-c7cccnc7)c6)cc5n(-c5ccccc5)c34)c2)=C1. The molecule has 0 radical (unpaired) electrons. The monoisotopic (exact) mass is 525 g/mol. The van der Waals surface area contributed by atoms with Crippen LogP contribution >= 0.6 is 0 Å². The number of fused-ring (bicyclic) bond motifs is 5. The van der Waals surface area contributed by atoms with Crippen molar-refractivity contribution >= 4 is 38.3 Å². The fraction of sp³-hybridized carbons (Fsp3) is 0.0263. The molecule has 0 saturated carbocycles. The van der Waals surface area contributed by atoms with Crippen LogP contribution in [0.5, 0.6) is 0 Å². The number of hydrogen-bond donors (Lipinski definition) is 1. The van der Waals surface area contributed by atoms with Crippen molar-refractivity contribution in [1.29, 1.82) is 0 Å². The molecule has 1 N–H and O–H groups in total. The van der Waals surface area contributed by atoms with Crippen molar-refractivity contribution in [3.8, 4) is 27.9 Å². The minimum Gasteiger partial charge on any atom is -0.381 e. The highest BCUT2D eigenvalue weighted by atomic mass is 15.0. The van der Waals surface area contributed by atoms with Crippen molar-refractivity contribution in [3.05, 3.63) is 151 Å². The molecule has 1 aliphatic heterocycles. The molecule has 0 fully saturated rings. The number of pyridine rings is 1. The maximum atomic E-state index is 4.32. The minimum atomic E-state index is 0.860. The van der Waals surface area contributed by atoms with Crippen molar-refractivity contribution in [3.63, 3.8) is 0 Å². The summed E-state index contributed by atoms with van der Waals surface area (Å²) in [5.41, 5.74) is 10.6. The number of para-hydroxylation sites is 1. The summed E-state index contributed by atoms with van der Waals surface area (Å²) in [5.74, 6) is 0. The van der Waals surface area contributed by atoms with Crippen molar-refractivity contribution in [2.24, 2.45) is 0 Å². The molecule has 5 aromatic carbocycles. The number of hydrogen-bond acceptors (Lipinski definition) is 2. The predicted octanol–water partition coefficient (Wildman–Crippen LogP) is 9.17. The lowest BCUT2D eigenvalue weighted by Crippen LogP contribution is -2.14. The van der Waals surface area contributed by atoms with Gasteiger partial charge in [0, 0.05) is 52.0 Å². The lowest BCUT2D eigenvalue weighted by atomic mass is 9.98. The normalized spacial score (nSPS) is 13.0. The predicted molar refractivity (Wildman–Crippen MR) is 172 cm³/mol. The van der Waals surface area contributed by atoms with Crippen LogP contribution in [0.1, 0.15) is 5.56 Å². The Morgan fingerprint density at radius 1 is 0.610 bits per heavy atom. The zero-order valence-electron chi connectivity index (χ0n) is 22.5. The molecular weight excluding hydrogens is 498 g/mol. The van der Waals surface area contributed by atoms with E-state index in [9.17, 15) is 0 Å². The van der Waals surface area contributed by atoms with Crippen LogP contribution in [0, 0.1) is 0 Å². The van der Waals surface area contributed by atoms with Gasteiger partial charge in [0.2, 0.25) is 0 Å². The van der Waals surface area contributed by atoms with Gasteiger partial charge in [-0.25, -0.2) is 0 Å². The van der Waals surface area contributed by atoms with Gasteiger partial charge >= 0.3 is 0 Å². The van der Waals surface area contributed by atoms with Crippen molar-refractivity contribution < 1.29 is 0 Å². The second kappa shape index (κ2) is 9.65. The summed E-state index contributed by atoms with van der Waals surface area (Å²) in [6.07, 6.45) is 10.1. The number of allylic oxidation sites excluding steroid dienone is 2. The third kappa shape index (κ3) is 4.02. The minimum absolute atomic E-state index is 0.860. The summed E-state index contributed by atoms with van der Waals surface area (Å²) < 4.78 is 2.43. The fourth-order valence-corrected chi connectivity index (χ4v) is 6.10. The number of rotatable bonds is 4. The van der Waals surface area contributed by atoms with E-state index >= 15 is 0 Å². The Morgan fingerprint density at radius 3 is 2.22 bits per heavy atom. The maximum Gasteiger partial charge on any atom is 0.0619 e. The van der Waals surface area contributed by atoms with E-state index in [1.54, 1.807) is 0 Å². The van der Waals surface area contributed by atoms with E-state index in [1.165, 1.54) is 54.8 Å². The van der Waals surface area contributed by atoms with Crippen LogP contribution in [-0.2, 0) is 0 Å². The summed E-state index contributed by atoms with van der Waals surface area (Å²) in [6.45, 7) is 0.860. The Balaban J connectivity index is 1.36. The summed E-state index contributed by atoms with van der Waals surface area (Å²) in [5, 5.41) is 8.49. The molecule has 3 nitrogen and oxygen atoms in total. The van der Waals surface area contributed by atoms with E-state index in [1.807, 2.05) is 18.5 Å². The molecule has 2 aromatic heterocycles. The molecule has 194 valence electrons. The van der Waals surface area contributed by atoms with Crippen LogP contribution in [0.2, 0.25) is 0 Å². The Hall–Kier alpha value is -5.41. The average molecular weight is 526 g/mol. The topological polar surface area (TPSA) is 29.9 Å². The number of dihydropyridines is 1. The molecule has 41 heavy (non-hydrogen) atoms. The standard InChI is InChI=1S/C38H27N3/c1-2-11-32(12-3-1)41-37-24-28(26-8-6-9-27(22-26)31-10-7-20-39-25-31)14-18-34(37)35-19-15-29-23-30(16-17-33(29)38(35)41)36-13-4-5-21-40-36/h1-20,22-25,40H,21H2. The Labute approximate surface area is 238 Å². The van der Waals surface area contributed by atoms with Crippen LogP contribution in [-0.4, -0.2) is 16.1 Å². The first-order valence-corrected chi connectivity index (χ1v) is 14.0. The van der Waals surface area contributed by atoms with Crippen LogP contribution in [0.4, 0.5) is 0 Å². The molecule has 0 bridgehead atoms. The molecular formula is C38H27N3. The summed E-state index contributed by atoms with van der Waals surface area (Å²) >= 11 is 0. The fourth-order valence-electron chi connectivity index (χ4n) is 6.10. The highest BCUT2D eigenvalue weighted by Crippen LogP contribution is 2.39. The van der Waals surface area contributed by atoms with E-state index < -0.39 is 0 Å². The van der Waals surface area contributed by atoms with Crippen LogP contribution in [0.15, 0.2) is 146 Å². The Morgan fingerprint density at radius 2 is 1.39 bits per heavy atom. The highest BCUT2D eigenvalue weighted by molar-refractivity contribution is 6.19. The van der Waals surface area contributed by atoms with Crippen LogP contribution in [0.3, 0.4) is 0 Å². The molecule has 8 rings (SSSR count). The molecule has 0 saturated heterocycles. The van der Waals surface area contributed by atoms with Gasteiger partial charge in [-0.3, -0.25) is 4.98 Å². The second-order valence-electron chi connectivity index (χ2n) is 10.5. The molecule has 0 spiro atoms. The number of aromatic nitrogens is 2. The van der Waals surface area contributed by atoms with Gasteiger partial charge in [0.05, 0.1) is 11.0 Å². The van der Waals surface area contributed by atoms with Crippen LogP contribution in [0.25, 0.3) is 66.2 Å². The first-order valence-electron chi connectivity index (χ1n) is 14.0. The van der Waals surface area contributed by atoms with E-state index in [2.05, 4.69) is 142 Å². The van der Waals surface area contributed by atoms with E-state index in [0.29, 0.717) is 0 Å². The third-order valence-corrected chi connectivity index (χ3v) is 8.07. The zero-order chi connectivity index (χ0) is 27.2. The van der Waals surface area contributed by atoms with Gasteiger partial charge in [-0.2, -0.15) is 0 Å². The first kappa shape index (κ1) is 23.5. The molecule has 1 aliphatic rings. The highest BCUT2D eigenvalue weighted by Gasteiger charge is 2.17.